The lowest BCUT2D eigenvalue weighted by Gasteiger charge is -2.06. The van der Waals surface area contributed by atoms with Crippen molar-refractivity contribution in [2.75, 3.05) is 0 Å². The van der Waals surface area contributed by atoms with Crippen molar-refractivity contribution in [1.82, 2.24) is 9.71 Å². The Morgan fingerprint density at radius 1 is 1.39 bits per heavy atom. The van der Waals surface area contributed by atoms with Gasteiger partial charge in [-0.25, -0.2) is 18.1 Å². The van der Waals surface area contributed by atoms with Gasteiger partial charge in [0.2, 0.25) is 10.0 Å². The largest absolute Gasteiger partial charge is 0.507 e. The van der Waals surface area contributed by atoms with Crippen molar-refractivity contribution in [2.45, 2.75) is 18.4 Å². The lowest BCUT2D eigenvalue weighted by molar-refractivity contribution is 0.458. The van der Waals surface area contributed by atoms with Gasteiger partial charge in [-0.2, -0.15) is 0 Å². The van der Waals surface area contributed by atoms with Crippen molar-refractivity contribution >= 4 is 21.4 Å². The summed E-state index contributed by atoms with van der Waals surface area (Å²) >= 11 is 1.39. The van der Waals surface area contributed by atoms with Crippen LogP contribution in [0, 0.1) is 6.92 Å². The first-order valence-electron chi connectivity index (χ1n) is 5.18. The predicted octanol–water partition coefficient (Wildman–Crippen LogP) is 1.64. The summed E-state index contributed by atoms with van der Waals surface area (Å²) in [5.74, 6) is -0.264. The van der Waals surface area contributed by atoms with Crippen LogP contribution in [0.4, 0.5) is 0 Å². The van der Waals surface area contributed by atoms with E-state index in [2.05, 4.69) is 9.71 Å². The van der Waals surface area contributed by atoms with Gasteiger partial charge < -0.3 is 5.11 Å². The molecule has 0 aliphatic carbocycles. The number of sulfonamides is 1. The van der Waals surface area contributed by atoms with Crippen LogP contribution in [0.1, 0.15) is 10.7 Å². The van der Waals surface area contributed by atoms with E-state index in [-0.39, 0.29) is 17.2 Å². The number of para-hydroxylation sites is 1. The average Bonchev–Trinajstić information content (AvgIpc) is 2.73. The van der Waals surface area contributed by atoms with Crippen molar-refractivity contribution in [3.63, 3.8) is 0 Å². The minimum absolute atomic E-state index is 0.120. The zero-order valence-electron chi connectivity index (χ0n) is 9.62. The zero-order valence-corrected chi connectivity index (χ0v) is 11.3. The van der Waals surface area contributed by atoms with Crippen LogP contribution < -0.4 is 4.72 Å². The predicted molar refractivity (Wildman–Crippen MR) is 69.0 cm³/mol. The first kappa shape index (κ1) is 13.0. The van der Waals surface area contributed by atoms with Crippen LogP contribution in [-0.4, -0.2) is 18.5 Å². The van der Waals surface area contributed by atoms with Gasteiger partial charge in [-0.3, -0.25) is 0 Å². The molecule has 0 spiro atoms. The van der Waals surface area contributed by atoms with Crippen LogP contribution in [0.25, 0.3) is 0 Å². The second-order valence-corrected chi connectivity index (χ2v) is 6.35. The maximum absolute atomic E-state index is 11.9. The average molecular weight is 284 g/mol. The molecule has 0 bridgehead atoms. The van der Waals surface area contributed by atoms with E-state index < -0.39 is 10.0 Å². The molecule has 0 unspecified atom stereocenters. The van der Waals surface area contributed by atoms with Crippen molar-refractivity contribution in [3.05, 3.63) is 40.3 Å². The molecule has 1 aromatic carbocycles. The van der Waals surface area contributed by atoms with Gasteiger partial charge in [0, 0.05) is 11.1 Å². The summed E-state index contributed by atoms with van der Waals surface area (Å²) in [6, 6.07) is 5.81. The topological polar surface area (TPSA) is 79.3 Å². The smallest absolute Gasteiger partial charge is 0.244 e. The molecule has 96 valence electrons. The van der Waals surface area contributed by atoms with Gasteiger partial charge in [-0.05, 0) is 19.1 Å². The Hall–Kier alpha value is -1.44. The number of phenolic OH excluding ortho intramolecular Hbond substituents is 1. The van der Waals surface area contributed by atoms with Crippen LogP contribution in [0.2, 0.25) is 0 Å². The summed E-state index contributed by atoms with van der Waals surface area (Å²) in [6.45, 7) is 1.96. The van der Waals surface area contributed by atoms with Gasteiger partial charge in [0.05, 0.1) is 6.54 Å². The van der Waals surface area contributed by atoms with Gasteiger partial charge in [0.1, 0.15) is 15.7 Å². The van der Waals surface area contributed by atoms with Crippen LogP contribution in [0.5, 0.6) is 5.75 Å². The van der Waals surface area contributed by atoms with Crippen LogP contribution in [-0.2, 0) is 16.6 Å². The summed E-state index contributed by atoms with van der Waals surface area (Å²) in [5.41, 5.74) is 0.858. The molecule has 0 fully saturated rings. The fourth-order valence-electron chi connectivity index (χ4n) is 1.40. The molecule has 0 amide bonds. The van der Waals surface area contributed by atoms with E-state index in [1.54, 1.807) is 12.1 Å². The molecular weight excluding hydrogens is 272 g/mol. The van der Waals surface area contributed by atoms with E-state index in [4.69, 9.17) is 0 Å². The Balaban J connectivity index is 2.16. The van der Waals surface area contributed by atoms with E-state index >= 15 is 0 Å². The number of hydrogen-bond acceptors (Lipinski definition) is 5. The van der Waals surface area contributed by atoms with E-state index in [0.717, 1.165) is 5.69 Å². The number of hydrogen-bond donors (Lipinski definition) is 2. The zero-order chi connectivity index (χ0) is 13.2. The van der Waals surface area contributed by atoms with E-state index in [0.29, 0.717) is 5.01 Å². The minimum Gasteiger partial charge on any atom is -0.507 e. The number of rotatable bonds is 4. The highest BCUT2D eigenvalue weighted by Crippen LogP contribution is 2.21. The molecule has 1 heterocycles. The summed E-state index contributed by atoms with van der Waals surface area (Å²) in [7, 11) is -3.71. The molecule has 0 atom stereocenters. The number of nitrogens with one attached hydrogen (secondary N) is 1. The van der Waals surface area contributed by atoms with Gasteiger partial charge in [0.25, 0.3) is 0 Å². The molecule has 2 aromatic rings. The van der Waals surface area contributed by atoms with Gasteiger partial charge in [0.15, 0.2) is 0 Å². The molecule has 0 aliphatic heterocycles. The summed E-state index contributed by atoms with van der Waals surface area (Å²) in [4.78, 5) is 4.03. The van der Waals surface area contributed by atoms with E-state index in [9.17, 15) is 13.5 Å². The number of aromatic hydroxyl groups is 1. The standard InChI is InChI=1S/C11H12N2O3S2/c1-8-7-17-11(13-8)6-12-18(15,16)10-5-3-2-4-9(10)14/h2-5,7,12,14H,6H2,1H3. The summed E-state index contributed by atoms with van der Waals surface area (Å²) in [5, 5.41) is 12.1. The van der Waals surface area contributed by atoms with E-state index in [1.165, 1.54) is 23.5 Å². The minimum atomic E-state index is -3.71. The molecule has 18 heavy (non-hydrogen) atoms. The Bertz CT molecular complexity index is 650. The molecule has 0 radical (unpaired) electrons. The van der Waals surface area contributed by atoms with Crippen molar-refractivity contribution in [3.8, 4) is 5.75 Å². The maximum Gasteiger partial charge on any atom is 0.244 e. The van der Waals surface area contributed by atoms with Gasteiger partial charge in [-0.1, -0.05) is 12.1 Å². The second kappa shape index (κ2) is 5.05. The number of benzene rings is 1. The van der Waals surface area contributed by atoms with Crippen molar-refractivity contribution in [1.29, 1.82) is 0 Å². The summed E-state index contributed by atoms with van der Waals surface area (Å²) < 4.78 is 26.3. The molecular formula is C11H12N2O3S2. The molecule has 1 aromatic heterocycles. The van der Waals surface area contributed by atoms with Crippen LogP contribution in [0.15, 0.2) is 34.5 Å². The molecule has 0 saturated heterocycles. The Morgan fingerprint density at radius 3 is 2.72 bits per heavy atom. The highest BCUT2D eigenvalue weighted by atomic mass is 32.2. The number of phenols is 1. The summed E-state index contributed by atoms with van der Waals surface area (Å²) in [6.07, 6.45) is 0. The lowest BCUT2D eigenvalue weighted by Crippen LogP contribution is -2.23. The van der Waals surface area contributed by atoms with Crippen molar-refractivity contribution in [2.24, 2.45) is 0 Å². The maximum atomic E-state index is 11.9. The Labute approximate surface area is 109 Å². The number of aromatic nitrogens is 1. The SMILES string of the molecule is Cc1csc(CNS(=O)(=O)c2ccccc2O)n1. The highest BCUT2D eigenvalue weighted by Gasteiger charge is 2.17. The molecule has 0 aliphatic rings. The normalized spacial score (nSPS) is 11.6. The third-order valence-corrected chi connectivity index (χ3v) is 4.65. The monoisotopic (exact) mass is 284 g/mol. The Morgan fingerprint density at radius 2 is 2.11 bits per heavy atom. The first-order valence-corrected chi connectivity index (χ1v) is 7.54. The third-order valence-electron chi connectivity index (χ3n) is 2.23. The quantitative estimate of drug-likeness (QED) is 0.894. The van der Waals surface area contributed by atoms with E-state index in [1.807, 2.05) is 12.3 Å². The molecule has 0 saturated carbocycles. The molecule has 5 nitrogen and oxygen atoms in total. The second-order valence-electron chi connectivity index (χ2n) is 3.67. The molecule has 7 heteroatoms. The molecule has 2 rings (SSSR count). The fraction of sp³-hybridized carbons (Fsp3) is 0.182. The number of nitrogens with zero attached hydrogens (tertiary/aromatic N) is 1. The van der Waals surface area contributed by atoms with Crippen LogP contribution >= 0.6 is 11.3 Å². The van der Waals surface area contributed by atoms with Gasteiger partial charge >= 0.3 is 0 Å². The van der Waals surface area contributed by atoms with Gasteiger partial charge in [-0.15, -0.1) is 11.3 Å². The fourth-order valence-corrected chi connectivity index (χ4v) is 3.29. The first-order chi connectivity index (χ1) is 8.49. The Kier molecular flexibility index (Phi) is 3.65. The van der Waals surface area contributed by atoms with Crippen LogP contribution in [0.3, 0.4) is 0 Å². The van der Waals surface area contributed by atoms with Crippen molar-refractivity contribution < 1.29 is 13.5 Å². The number of thiazole rings is 1. The third kappa shape index (κ3) is 2.87. The lowest BCUT2D eigenvalue weighted by atomic mass is 10.3. The number of aryl methyl sites for hydroxylation is 1. The molecule has 2 N–H and O–H groups in total. The highest BCUT2D eigenvalue weighted by molar-refractivity contribution is 7.89.